The predicted octanol–water partition coefficient (Wildman–Crippen LogP) is 1.52. The molecule has 0 unspecified atom stereocenters. The number of amides is 3. The summed E-state index contributed by atoms with van der Waals surface area (Å²) in [6.07, 6.45) is 4.74. The number of anilines is 1. The number of nitrogens with zero attached hydrogens (tertiary/aromatic N) is 3. The van der Waals surface area contributed by atoms with Crippen LogP contribution in [0, 0.1) is 0 Å². The number of hydrogen-bond donors (Lipinski definition) is 1. The lowest BCUT2D eigenvalue weighted by atomic mass is 9.83. The van der Waals surface area contributed by atoms with Crippen molar-refractivity contribution in [1.29, 1.82) is 0 Å². The molecule has 0 spiro atoms. The lowest BCUT2D eigenvalue weighted by molar-refractivity contribution is -0.136. The van der Waals surface area contributed by atoms with Gasteiger partial charge in [0.05, 0.1) is 24.8 Å². The van der Waals surface area contributed by atoms with E-state index in [2.05, 4.69) is 9.80 Å². The van der Waals surface area contributed by atoms with Crippen LogP contribution in [-0.4, -0.2) is 71.9 Å². The molecule has 3 aliphatic rings. The first-order chi connectivity index (χ1) is 15.0. The van der Waals surface area contributed by atoms with Crippen molar-refractivity contribution < 1.29 is 19.1 Å². The van der Waals surface area contributed by atoms with Crippen LogP contribution in [0.25, 0.3) is 0 Å². The summed E-state index contributed by atoms with van der Waals surface area (Å²) in [6, 6.07) is 6.55. The molecule has 4 rings (SSSR count). The van der Waals surface area contributed by atoms with E-state index < -0.39 is 11.6 Å². The summed E-state index contributed by atoms with van der Waals surface area (Å²) in [5.41, 5.74) is 5.81. The highest BCUT2D eigenvalue weighted by atomic mass is 16.5. The molecule has 1 aromatic rings. The van der Waals surface area contributed by atoms with Crippen LogP contribution in [0.3, 0.4) is 0 Å². The lowest BCUT2D eigenvalue weighted by Gasteiger charge is -2.48. The monoisotopic (exact) mass is 428 g/mol. The number of imide groups is 1. The SMILES string of the molecule is CCOc1ccc(N2C(=O)C[C@H](N3CCC(C(N)=O)(N4CCCCC4)CC3)C2=O)cc1. The largest absolute Gasteiger partial charge is 0.494 e. The number of nitrogens with two attached hydrogens (primary N) is 1. The molecule has 0 aromatic heterocycles. The second kappa shape index (κ2) is 8.96. The zero-order chi connectivity index (χ0) is 22.0. The fourth-order valence-corrected chi connectivity index (χ4v) is 5.28. The van der Waals surface area contributed by atoms with Crippen LogP contribution in [-0.2, 0) is 14.4 Å². The molecular formula is C23H32N4O4. The van der Waals surface area contributed by atoms with Crippen LogP contribution in [0.15, 0.2) is 24.3 Å². The van der Waals surface area contributed by atoms with E-state index in [-0.39, 0.29) is 24.1 Å². The molecule has 3 aliphatic heterocycles. The van der Waals surface area contributed by atoms with Gasteiger partial charge in [-0.15, -0.1) is 0 Å². The van der Waals surface area contributed by atoms with Crippen molar-refractivity contribution in [2.45, 2.75) is 57.0 Å². The number of hydrogen-bond acceptors (Lipinski definition) is 6. The number of likely N-dealkylation sites (tertiary alicyclic amines) is 2. The number of piperidine rings is 2. The second-order valence-electron chi connectivity index (χ2n) is 8.69. The molecule has 1 atom stereocenters. The zero-order valence-electron chi connectivity index (χ0n) is 18.2. The number of carbonyl (C=O) groups excluding carboxylic acids is 3. The van der Waals surface area contributed by atoms with Crippen molar-refractivity contribution >= 4 is 23.4 Å². The molecule has 0 saturated carbocycles. The molecule has 0 aliphatic carbocycles. The Labute approximate surface area is 183 Å². The summed E-state index contributed by atoms with van der Waals surface area (Å²) in [7, 11) is 0. The minimum absolute atomic E-state index is 0.166. The first kappa shape index (κ1) is 21.8. The van der Waals surface area contributed by atoms with Gasteiger partial charge < -0.3 is 10.5 Å². The van der Waals surface area contributed by atoms with Gasteiger partial charge in [-0.3, -0.25) is 24.2 Å². The maximum atomic E-state index is 13.2. The molecule has 3 heterocycles. The van der Waals surface area contributed by atoms with Gasteiger partial charge in [-0.05, 0) is 70.0 Å². The molecule has 8 heteroatoms. The highest BCUT2D eigenvalue weighted by molar-refractivity contribution is 6.22. The quantitative estimate of drug-likeness (QED) is 0.691. The number of benzene rings is 1. The molecule has 8 nitrogen and oxygen atoms in total. The van der Waals surface area contributed by atoms with Crippen LogP contribution < -0.4 is 15.4 Å². The van der Waals surface area contributed by atoms with E-state index in [1.165, 1.54) is 11.3 Å². The Balaban J connectivity index is 1.44. The minimum Gasteiger partial charge on any atom is -0.494 e. The third-order valence-electron chi connectivity index (χ3n) is 7.01. The number of ether oxygens (including phenoxy) is 1. The standard InChI is InChI=1S/C23H32N4O4/c1-2-31-18-8-6-17(7-9-18)27-20(28)16-19(21(27)29)25-14-10-23(11-15-25,22(24)30)26-12-4-3-5-13-26/h6-9,19H,2-5,10-16H2,1H3,(H2,24,30)/t19-/m0/s1. The maximum absolute atomic E-state index is 13.2. The Morgan fingerprint density at radius 2 is 1.71 bits per heavy atom. The van der Waals surface area contributed by atoms with E-state index in [4.69, 9.17) is 10.5 Å². The molecule has 3 amide bonds. The van der Waals surface area contributed by atoms with Crippen molar-refractivity contribution in [3.05, 3.63) is 24.3 Å². The van der Waals surface area contributed by atoms with E-state index in [9.17, 15) is 14.4 Å². The normalized spacial score (nSPS) is 25.1. The molecule has 1 aromatic carbocycles. The van der Waals surface area contributed by atoms with Crippen molar-refractivity contribution in [3.63, 3.8) is 0 Å². The number of rotatable bonds is 6. The van der Waals surface area contributed by atoms with E-state index in [1.807, 2.05) is 6.92 Å². The first-order valence-electron chi connectivity index (χ1n) is 11.3. The summed E-state index contributed by atoms with van der Waals surface area (Å²) in [5.74, 6) is 0.0537. The number of carbonyl (C=O) groups is 3. The van der Waals surface area contributed by atoms with Gasteiger partial charge in [0.1, 0.15) is 11.3 Å². The third-order valence-corrected chi connectivity index (χ3v) is 7.01. The Bertz CT molecular complexity index is 826. The maximum Gasteiger partial charge on any atom is 0.251 e. The lowest BCUT2D eigenvalue weighted by Crippen LogP contribution is -2.64. The van der Waals surface area contributed by atoms with Crippen molar-refractivity contribution in [3.8, 4) is 5.75 Å². The average molecular weight is 429 g/mol. The summed E-state index contributed by atoms with van der Waals surface area (Å²) in [5, 5.41) is 0. The van der Waals surface area contributed by atoms with Crippen molar-refractivity contribution in [2.75, 3.05) is 37.7 Å². The number of primary amides is 1. The van der Waals surface area contributed by atoms with Crippen LogP contribution in [0.4, 0.5) is 5.69 Å². The Morgan fingerprint density at radius 1 is 1.06 bits per heavy atom. The average Bonchev–Trinajstić information content (AvgIpc) is 3.09. The highest BCUT2D eigenvalue weighted by Crippen LogP contribution is 2.34. The molecule has 3 fully saturated rings. The van der Waals surface area contributed by atoms with Gasteiger partial charge in [0, 0.05) is 13.1 Å². The van der Waals surface area contributed by atoms with Gasteiger partial charge >= 0.3 is 0 Å². The minimum atomic E-state index is -0.628. The Hall–Kier alpha value is -2.45. The molecular weight excluding hydrogens is 396 g/mol. The van der Waals surface area contributed by atoms with Gasteiger partial charge in [0.15, 0.2) is 0 Å². The second-order valence-corrected chi connectivity index (χ2v) is 8.69. The van der Waals surface area contributed by atoms with Crippen molar-refractivity contribution in [1.82, 2.24) is 9.80 Å². The van der Waals surface area contributed by atoms with Crippen LogP contribution in [0.2, 0.25) is 0 Å². The van der Waals surface area contributed by atoms with Crippen LogP contribution in [0.1, 0.15) is 45.4 Å². The molecule has 3 saturated heterocycles. The van der Waals surface area contributed by atoms with Gasteiger partial charge in [-0.2, -0.15) is 0 Å². The predicted molar refractivity (Wildman–Crippen MR) is 117 cm³/mol. The van der Waals surface area contributed by atoms with Gasteiger partial charge in [-0.25, -0.2) is 4.90 Å². The van der Waals surface area contributed by atoms with Gasteiger partial charge in [0.25, 0.3) is 5.91 Å². The molecule has 168 valence electrons. The zero-order valence-corrected chi connectivity index (χ0v) is 18.2. The van der Waals surface area contributed by atoms with Gasteiger partial charge in [-0.1, -0.05) is 6.42 Å². The van der Waals surface area contributed by atoms with Crippen LogP contribution >= 0.6 is 0 Å². The smallest absolute Gasteiger partial charge is 0.251 e. The highest BCUT2D eigenvalue weighted by Gasteiger charge is 2.49. The molecule has 31 heavy (non-hydrogen) atoms. The first-order valence-corrected chi connectivity index (χ1v) is 11.3. The van der Waals surface area contributed by atoms with E-state index in [0.29, 0.717) is 44.0 Å². The summed E-state index contributed by atoms with van der Waals surface area (Å²) >= 11 is 0. The van der Waals surface area contributed by atoms with E-state index >= 15 is 0 Å². The summed E-state index contributed by atoms with van der Waals surface area (Å²) in [4.78, 5) is 43.9. The molecule has 2 N–H and O–H groups in total. The topological polar surface area (TPSA) is 96.2 Å². The Morgan fingerprint density at radius 3 is 2.29 bits per heavy atom. The Kier molecular flexibility index (Phi) is 6.29. The summed E-state index contributed by atoms with van der Waals surface area (Å²) in [6.45, 7) is 5.43. The third kappa shape index (κ3) is 4.06. The fraction of sp³-hybridized carbons (Fsp3) is 0.609. The summed E-state index contributed by atoms with van der Waals surface area (Å²) < 4.78 is 5.44. The fourth-order valence-electron chi connectivity index (χ4n) is 5.28. The van der Waals surface area contributed by atoms with E-state index in [0.717, 1.165) is 25.9 Å². The van der Waals surface area contributed by atoms with Gasteiger partial charge in [0.2, 0.25) is 11.8 Å². The van der Waals surface area contributed by atoms with Crippen molar-refractivity contribution in [2.24, 2.45) is 5.73 Å². The van der Waals surface area contributed by atoms with Crippen LogP contribution in [0.5, 0.6) is 5.75 Å². The molecule has 0 radical (unpaired) electrons. The molecule has 0 bridgehead atoms. The van der Waals surface area contributed by atoms with E-state index in [1.54, 1.807) is 24.3 Å².